The molecule has 4 aromatic rings. The smallest absolute Gasteiger partial charge is 0.341 e. The van der Waals surface area contributed by atoms with Gasteiger partial charge in [0.15, 0.2) is 12.0 Å². The van der Waals surface area contributed by atoms with Crippen LogP contribution in [-0.2, 0) is 22.4 Å². The van der Waals surface area contributed by atoms with E-state index in [1.165, 1.54) is 24.7 Å². The van der Waals surface area contributed by atoms with Gasteiger partial charge in [-0.05, 0) is 60.6 Å². The largest absolute Gasteiger partial charge is 0.484 e. The Bertz CT molecular complexity index is 1560. The number of thiophene rings is 1. The van der Waals surface area contributed by atoms with E-state index in [9.17, 15) is 14.4 Å². The van der Waals surface area contributed by atoms with Crippen LogP contribution in [0, 0.1) is 5.92 Å². The van der Waals surface area contributed by atoms with Crippen molar-refractivity contribution in [3.05, 3.63) is 80.0 Å². The van der Waals surface area contributed by atoms with Crippen molar-refractivity contribution in [3.63, 3.8) is 0 Å². The van der Waals surface area contributed by atoms with E-state index in [1.54, 1.807) is 42.5 Å². The van der Waals surface area contributed by atoms with Gasteiger partial charge < -0.3 is 19.2 Å². The van der Waals surface area contributed by atoms with Crippen molar-refractivity contribution in [2.45, 2.75) is 26.2 Å². The van der Waals surface area contributed by atoms with Crippen LogP contribution in [0.25, 0.3) is 22.1 Å². The molecule has 1 atom stereocenters. The van der Waals surface area contributed by atoms with Gasteiger partial charge in [-0.15, -0.1) is 11.3 Å². The lowest BCUT2D eigenvalue weighted by Gasteiger charge is -2.18. The van der Waals surface area contributed by atoms with E-state index in [0.29, 0.717) is 49.4 Å². The number of hydrogen-bond donors (Lipinski definition) is 1. The highest BCUT2D eigenvalue weighted by molar-refractivity contribution is 7.17. The van der Waals surface area contributed by atoms with E-state index < -0.39 is 11.9 Å². The Morgan fingerprint density at radius 1 is 1.19 bits per heavy atom. The Morgan fingerprint density at radius 3 is 2.73 bits per heavy atom. The number of halogens is 1. The second-order valence-electron chi connectivity index (χ2n) is 9.03. The molecule has 0 saturated heterocycles. The van der Waals surface area contributed by atoms with Crippen LogP contribution in [0.15, 0.2) is 57.9 Å². The molecule has 2 aromatic carbocycles. The fourth-order valence-electron chi connectivity index (χ4n) is 4.50. The molecule has 1 aliphatic rings. The first-order valence-electron chi connectivity index (χ1n) is 11.8. The molecule has 0 bridgehead atoms. The zero-order chi connectivity index (χ0) is 26.1. The summed E-state index contributed by atoms with van der Waals surface area (Å²) < 4.78 is 16.3. The molecule has 2 heterocycles. The number of anilines is 1. The Morgan fingerprint density at radius 2 is 1.97 bits per heavy atom. The molecule has 2 aromatic heterocycles. The number of nitrogens with one attached hydrogen (secondary N) is 1. The molecule has 0 fully saturated rings. The summed E-state index contributed by atoms with van der Waals surface area (Å²) in [5, 5.41) is 4.27. The fraction of sp³-hybridized carbons (Fsp3) is 0.250. The first-order chi connectivity index (χ1) is 17.8. The third kappa shape index (κ3) is 5.12. The SMILES string of the molecule is COC(=O)c1c(NC(=O)COc2ccc3c(=O)c(-c4ccc(Cl)cc4)coc3c2)sc2c1CCC(C)C2. The number of hydrogen-bond acceptors (Lipinski definition) is 7. The lowest BCUT2D eigenvalue weighted by molar-refractivity contribution is -0.118. The van der Waals surface area contributed by atoms with Gasteiger partial charge in [0.2, 0.25) is 0 Å². The standard InChI is InChI=1S/C28H24ClNO6S/c1-15-3-9-20-23(11-15)37-27(25(20)28(33)34-2)30-24(31)14-35-18-8-10-19-22(12-18)36-13-21(26(19)32)16-4-6-17(29)7-5-16/h4-8,10,12-13,15H,3,9,11,14H2,1-2H3,(H,30,31). The molecule has 7 nitrogen and oxygen atoms in total. The number of fused-ring (bicyclic) bond motifs is 2. The van der Waals surface area contributed by atoms with Gasteiger partial charge in [-0.1, -0.05) is 30.7 Å². The summed E-state index contributed by atoms with van der Waals surface area (Å²) in [5.74, 6) is 0.0403. The second kappa shape index (κ2) is 10.4. The maximum absolute atomic E-state index is 13.0. The molecular weight excluding hydrogens is 514 g/mol. The number of carbonyl (C=O) groups is 2. The van der Waals surface area contributed by atoms with Crippen LogP contribution in [0.1, 0.15) is 34.1 Å². The maximum Gasteiger partial charge on any atom is 0.341 e. The van der Waals surface area contributed by atoms with Crippen molar-refractivity contribution in [1.29, 1.82) is 0 Å². The summed E-state index contributed by atoms with van der Waals surface area (Å²) in [4.78, 5) is 39.2. The van der Waals surface area contributed by atoms with Crippen molar-refractivity contribution in [3.8, 4) is 16.9 Å². The monoisotopic (exact) mass is 537 g/mol. The highest BCUT2D eigenvalue weighted by atomic mass is 35.5. The number of carbonyl (C=O) groups excluding carboxylic acids is 2. The van der Waals surface area contributed by atoms with Gasteiger partial charge in [0.25, 0.3) is 5.91 Å². The van der Waals surface area contributed by atoms with Gasteiger partial charge in [-0.2, -0.15) is 0 Å². The molecule has 190 valence electrons. The van der Waals surface area contributed by atoms with E-state index >= 15 is 0 Å². The van der Waals surface area contributed by atoms with Crippen LogP contribution in [0.2, 0.25) is 5.02 Å². The Kier molecular flexibility index (Phi) is 7.04. The molecule has 1 unspecified atom stereocenters. The number of rotatable bonds is 6. The molecule has 0 aliphatic heterocycles. The minimum absolute atomic E-state index is 0.181. The zero-order valence-corrected chi connectivity index (χ0v) is 21.8. The highest BCUT2D eigenvalue weighted by Crippen LogP contribution is 2.40. The van der Waals surface area contributed by atoms with Crippen LogP contribution in [0.4, 0.5) is 5.00 Å². The molecule has 0 saturated carbocycles. The van der Waals surface area contributed by atoms with Crippen LogP contribution in [0.3, 0.4) is 0 Å². The zero-order valence-electron chi connectivity index (χ0n) is 20.3. The lowest BCUT2D eigenvalue weighted by Crippen LogP contribution is -2.21. The number of benzene rings is 2. The average molecular weight is 538 g/mol. The van der Waals surface area contributed by atoms with Crippen molar-refractivity contribution < 1.29 is 23.5 Å². The van der Waals surface area contributed by atoms with Gasteiger partial charge in [0.05, 0.1) is 23.6 Å². The lowest BCUT2D eigenvalue weighted by atomic mass is 9.88. The molecule has 0 radical (unpaired) electrons. The summed E-state index contributed by atoms with van der Waals surface area (Å²) in [6, 6.07) is 11.7. The van der Waals surface area contributed by atoms with Crippen molar-refractivity contribution in [2.24, 2.45) is 5.92 Å². The minimum atomic E-state index is -0.453. The number of ether oxygens (including phenoxy) is 2. The summed E-state index contributed by atoms with van der Waals surface area (Å²) >= 11 is 7.36. The molecule has 1 N–H and O–H groups in total. The highest BCUT2D eigenvalue weighted by Gasteiger charge is 2.29. The third-order valence-corrected chi connectivity index (χ3v) is 7.85. The normalized spacial score (nSPS) is 14.7. The molecule has 9 heteroatoms. The van der Waals surface area contributed by atoms with E-state index in [2.05, 4.69) is 12.2 Å². The molecular formula is C28H24ClNO6S. The summed E-state index contributed by atoms with van der Waals surface area (Å²) in [7, 11) is 1.34. The van der Waals surface area contributed by atoms with Gasteiger partial charge in [0.1, 0.15) is 22.6 Å². The molecule has 5 rings (SSSR count). The Labute approximate surface area is 222 Å². The number of esters is 1. The van der Waals surface area contributed by atoms with E-state index in [-0.39, 0.29) is 12.0 Å². The maximum atomic E-state index is 13.0. The minimum Gasteiger partial charge on any atom is -0.484 e. The molecule has 0 spiro atoms. The topological polar surface area (TPSA) is 94.8 Å². The van der Waals surface area contributed by atoms with Gasteiger partial charge in [-0.25, -0.2) is 4.79 Å². The summed E-state index contributed by atoms with van der Waals surface area (Å²) in [5.41, 5.74) is 2.69. The number of methoxy groups -OCH3 is 1. The average Bonchev–Trinajstić information content (AvgIpc) is 3.24. The molecule has 1 aliphatic carbocycles. The van der Waals surface area contributed by atoms with E-state index in [1.807, 2.05) is 0 Å². The first-order valence-corrected chi connectivity index (χ1v) is 13.0. The van der Waals surface area contributed by atoms with Crippen LogP contribution >= 0.6 is 22.9 Å². The van der Waals surface area contributed by atoms with Crippen molar-refractivity contribution in [2.75, 3.05) is 19.0 Å². The van der Waals surface area contributed by atoms with Crippen LogP contribution < -0.4 is 15.5 Å². The predicted octanol–water partition coefficient (Wildman–Crippen LogP) is 6.10. The molecule has 1 amide bonds. The fourth-order valence-corrected chi connectivity index (χ4v) is 6.04. The van der Waals surface area contributed by atoms with Gasteiger partial charge >= 0.3 is 5.97 Å². The summed E-state index contributed by atoms with van der Waals surface area (Å²) in [6.07, 6.45) is 4.05. The number of amides is 1. The van der Waals surface area contributed by atoms with E-state index in [4.69, 9.17) is 25.5 Å². The van der Waals surface area contributed by atoms with Crippen molar-refractivity contribution >= 4 is 50.8 Å². The third-order valence-electron chi connectivity index (χ3n) is 6.43. The molecule has 37 heavy (non-hydrogen) atoms. The Balaban J connectivity index is 1.31. The first kappa shape index (κ1) is 25.0. The van der Waals surface area contributed by atoms with Gasteiger partial charge in [-0.3, -0.25) is 9.59 Å². The Hall–Kier alpha value is -3.62. The quantitative estimate of drug-likeness (QED) is 0.298. The van der Waals surface area contributed by atoms with Crippen LogP contribution in [-0.4, -0.2) is 25.6 Å². The van der Waals surface area contributed by atoms with Crippen molar-refractivity contribution in [1.82, 2.24) is 0 Å². The van der Waals surface area contributed by atoms with Crippen LogP contribution in [0.5, 0.6) is 5.75 Å². The van der Waals surface area contributed by atoms with E-state index in [0.717, 1.165) is 29.7 Å². The second-order valence-corrected chi connectivity index (χ2v) is 10.6. The van der Waals surface area contributed by atoms with Gasteiger partial charge in [0, 0.05) is 16.0 Å². The predicted molar refractivity (Wildman–Crippen MR) is 144 cm³/mol. The summed E-state index contributed by atoms with van der Waals surface area (Å²) in [6.45, 7) is 1.90.